The number of hydrogen-bond donors (Lipinski definition) is 1. The molecule has 2 fully saturated rings. The van der Waals surface area contributed by atoms with Crippen LogP contribution in [0.1, 0.15) is 46.0 Å². The van der Waals surface area contributed by atoms with Crippen molar-refractivity contribution in [2.24, 2.45) is 5.41 Å². The van der Waals surface area contributed by atoms with Gasteiger partial charge in [-0.1, -0.05) is 6.42 Å². The molecule has 0 aromatic heterocycles. The third kappa shape index (κ3) is 1.65. The quantitative estimate of drug-likeness (QED) is 0.776. The van der Waals surface area contributed by atoms with E-state index in [4.69, 9.17) is 0 Å². The van der Waals surface area contributed by atoms with Gasteiger partial charge in [-0.2, -0.15) is 5.26 Å². The van der Waals surface area contributed by atoms with E-state index in [9.17, 15) is 10.4 Å². The maximum atomic E-state index is 10.7. The molecule has 1 aliphatic carbocycles. The lowest BCUT2D eigenvalue weighted by Gasteiger charge is -2.52. The van der Waals surface area contributed by atoms with Gasteiger partial charge < -0.3 is 10.0 Å². The molecule has 0 spiro atoms. The summed E-state index contributed by atoms with van der Waals surface area (Å²) in [5, 5.41) is 20.0. The Hall–Kier alpha value is -0.590. The molecule has 90 valence electrons. The molecule has 0 bridgehead atoms. The average molecular weight is 222 g/mol. The van der Waals surface area contributed by atoms with Crippen LogP contribution in [-0.4, -0.2) is 34.7 Å². The van der Waals surface area contributed by atoms with Crippen LogP contribution in [-0.2, 0) is 0 Å². The van der Waals surface area contributed by atoms with Crippen LogP contribution < -0.4 is 0 Å². The van der Waals surface area contributed by atoms with Gasteiger partial charge in [0.15, 0.2) is 0 Å². The normalized spacial score (nSPS) is 28.4. The molecule has 3 nitrogen and oxygen atoms in total. The first-order valence-corrected chi connectivity index (χ1v) is 6.41. The van der Waals surface area contributed by atoms with Crippen LogP contribution >= 0.6 is 0 Å². The molecule has 1 N–H and O–H groups in total. The lowest BCUT2D eigenvalue weighted by atomic mass is 9.57. The summed E-state index contributed by atoms with van der Waals surface area (Å²) >= 11 is 0. The number of nitriles is 1. The zero-order chi connectivity index (χ0) is 11.8. The molecular weight excluding hydrogens is 200 g/mol. The minimum atomic E-state index is -0.717. The van der Waals surface area contributed by atoms with E-state index in [1.807, 2.05) is 0 Å². The minimum absolute atomic E-state index is 0.421. The molecule has 0 amide bonds. The van der Waals surface area contributed by atoms with E-state index >= 15 is 0 Å². The van der Waals surface area contributed by atoms with Crippen molar-refractivity contribution >= 4 is 0 Å². The van der Waals surface area contributed by atoms with Crippen molar-refractivity contribution in [2.45, 2.75) is 57.6 Å². The predicted octanol–water partition coefficient (Wildman–Crippen LogP) is 1.92. The van der Waals surface area contributed by atoms with Crippen LogP contribution in [0, 0.1) is 16.7 Å². The Morgan fingerprint density at radius 2 is 1.75 bits per heavy atom. The van der Waals surface area contributed by atoms with Crippen LogP contribution in [0.4, 0.5) is 0 Å². The van der Waals surface area contributed by atoms with Crippen LogP contribution in [0.2, 0.25) is 0 Å². The van der Waals surface area contributed by atoms with Gasteiger partial charge in [0.25, 0.3) is 0 Å². The summed E-state index contributed by atoms with van der Waals surface area (Å²) < 4.78 is 0. The largest absolute Gasteiger partial charge is 0.388 e. The molecule has 2 rings (SSSR count). The molecule has 3 heteroatoms. The highest BCUT2D eigenvalue weighted by atomic mass is 16.3. The molecule has 0 radical (unpaired) electrons. The smallest absolute Gasteiger partial charge is 0.0861 e. The van der Waals surface area contributed by atoms with E-state index < -0.39 is 11.0 Å². The zero-order valence-corrected chi connectivity index (χ0v) is 10.4. The van der Waals surface area contributed by atoms with Crippen molar-refractivity contribution in [1.29, 1.82) is 5.26 Å². The van der Waals surface area contributed by atoms with E-state index in [1.165, 1.54) is 0 Å². The number of piperidine rings is 1. The SMILES string of the molecule is CC(C)N1CCC(O)(C2(C#N)CCC2)CC1. The highest BCUT2D eigenvalue weighted by Crippen LogP contribution is 2.52. The third-order valence-electron chi connectivity index (χ3n) is 4.67. The van der Waals surface area contributed by atoms with Crippen molar-refractivity contribution in [3.05, 3.63) is 0 Å². The van der Waals surface area contributed by atoms with E-state index in [-0.39, 0.29) is 0 Å². The van der Waals surface area contributed by atoms with Crippen molar-refractivity contribution in [3.8, 4) is 6.07 Å². The molecule has 1 aliphatic heterocycles. The van der Waals surface area contributed by atoms with E-state index in [2.05, 4.69) is 24.8 Å². The topological polar surface area (TPSA) is 47.3 Å². The number of aliphatic hydroxyl groups is 1. The summed E-state index contributed by atoms with van der Waals surface area (Å²) in [6, 6.07) is 2.95. The van der Waals surface area contributed by atoms with Gasteiger partial charge in [-0.3, -0.25) is 0 Å². The van der Waals surface area contributed by atoms with Gasteiger partial charge in [0.1, 0.15) is 0 Å². The zero-order valence-electron chi connectivity index (χ0n) is 10.4. The van der Waals surface area contributed by atoms with Gasteiger partial charge in [0.2, 0.25) is 0 Å². The number of rotatable bonds is 2. The fourth-order valence-electron chi connectivity index (χ4n) is 3.10. The molecular formula is C13H22N2O. The van der Waals surface area contributed by atoms with Gasteiger partial charge in [-0.05, 0) is 39.5 Å². The van der Waals surface area contributed by atoms with Crippen molar-refractivity contribution in [1.82, 2.24) is 4.90 Å². The number of nitrogens with zero attached hydrogens (tertiary/aromatic N) is 2. The molecule has 0 aromatic rings. The lowest BCUT2D eigenvalue weighted by Crippen LogP contribution is -2.58. The molecule has 0 aromatic carbocycles. The van der Waals surface area contributed by atoms with Gasteiger partial charge >= 0.3 is 0 Å². The predicted molar refractivity (Wildman–Crippen MR) is 62.8 cm³/mol. The van der Waals surface area contributed by atoms with Gasteiger partial charge in [-0.15, -0.1) is 0 Å². The second-order valence-electron chi connectivity index (χ2n) is 5.71. The standard InChI is InChI=1S/C13H22N2O/c1-11(2)15-8-6-13(16,7-9-15)12(10-14)4-3-5-12/h11,16H,3-9H2,1-2H3. The fraction of sp³-hybridized carbons (Fsp3) is 0.923. The van der Waals surface area contributed by atoms with Crippen LogP contribution in [0.5, 0.6) is 0 Å². The molecule has 1 saturated heterocycles. The molecule has 2 aliphatic rings. The van der Waals surface area contributed by atoms with Crippen LogP contribution in [0.25, 0.3) is 0 Å². The van der Waals surface area contributed by atoms with Crippen molar-refractivity contribution in [3.63, 3.8) is 0 Å². The molecule has 1 heterocycles. The summed E-state index contributed by atoms with van der Waals surface area (Å²) in [5.74, 6) is 0. The Balaban J connectivity index is 2.04. The van der Waals surface area contributed by atoms with Gasteiger partial charge in [-0.25, -0.2) is 0 Å². The van der Waals surface area contributed by atoms with Gasteiger partial charge in [0.05, 0.1) is 17.1 Å². The molecule has 1 saturated carbocycles. The lowest BCUT2D eigenvalue weighted by molar-refractivity contribution is -0.130. The number of likely N-dealkylation sites (tertiary alicyclic amines) is 1. The van der Waals surface area contributed by atoms with E-state index in [0.29, 0.717) is 6.04 Å². The summed E-state index contributed by atoms with van der Waals surface area (Å²) in [6.07, 6.45) is 4.41. The second-order valence-corrected chi connectivity index (χ2v) is 5.71. The summed E-state index contributed by atoms with van der Waals surface area (Å²) in [6.45, 7) is 6.23. The van der Waals surface area contributed by atoms with Crippen LogP contribution in [0.15, 0.2) is 0 Å². The maximum absolute atomic E-state index is 10.7. The minimum Gasteiger partial charge on any atom is -0.388 e. The summed E-state index contributed by atoms with van der Waals surface area (Å²) in [5.41, 5.74) is -1.14. The molecule has 0 atom stereocenters. The Morgan fingerprint density at radius 3 is 2.06 bits per heavy atom. The highest BCUT2D eigenvalue weighted by Gasteiger charge is 2.55. The Labute approximate surface area is 98.1 Å². The Bertz CT molecular complexity index is 294. The first kappa shape index (κ1) is 11.9. The highest BCUT2D eigenvalue weighted by molar-refractivity contribution is 5.16. The van der Waals surface area contributed by atoms with E-state index in [1.54, 1.807) is 0 Å². The molecule has 0 unspecified atom stereocenters. The van der Waals surface area contributed by atoms with E-state index in [0.717, 1.165) is 45.2 Å². The Kier molecular flexibility index (Phi) is 2.98. The fourth-order valence-corrected chi connectivity index (χ4v) is 3.10. The summed E-state index contributed by atoms with van der Waals surface area (Å²) in [4.78, 5) is 2.39. The first-order chi connectivity index (χ1) is 7.53. The maximum Gasteiger partial charge on any atom is 0.0861 e. The van der Waals surface area contributed by atoms with Gasteiger partial charge in [0, 0.05) is 19.1 Å². The van der Waals surface area contributed by atoms with Crippen LogP contribution in [0.3, 0.4) is 0 Å². The van der Waals surface area contributed by atoms with Crippen molar-refractivity contribution in [2.75, 3.05) is 13.1 Å². The second kappa shape index (κ2) is 4.01. The Morgan fingerprint density at radius 1 is 1.19 bits per heavy atom. The third-order valence-corrected chi connectivity index (χ3v) is 4.67. The molecule has 16 heavy (non-hydrogen) atoms. The first-order valence-electron chi connectivity index (χ1n) is 6.41. The summed E-state index contributed by atoms with van der Waals surface area (Å²) in [7, 11) is 0. The number of hydrogen-bond acceptors (Lipinski definition) is 3. The average Bonchev–Trinajstić information content (AvgIpc) is 2.17. The monoisotopic (exact) mass is 222 g/mol. The van der Waals surface area contributed by atoms with Crippen molar-refractivity contribution < 1.29 is 5.11 Å².